The molecule has 3 aromatic rings. The van der Waals surface area contributed by atoms with Crippen LogP contribution in [0.25, 0.3) is 11.4 Å². The van der Waals surface area contributed by atoms with Gasteiger partial charge in [0.15, 0.2) is 22.5 Å². The van der Waals surface area contributed by atoms with Gasteiger partial charge in [0.1, 0.15) is 5.75 Å². The van der Waals surface area contributed by atoms with Crippen LogP contribution in [0.4, 0.5) is 0 Å². The number of methoxy groups -OCH3 is 3. The zero-order valence-electron chi connectivity index (χ0n) is 18.7. The Labute approximate surface area is 201 Å². The van der Waals surface area contributed by atoms with Gasteiger partial charge >= 0.3 is 0 Å². The van der Waals surface area contributed by atoms with Crippen LogP contribution in [-0.4, -0.2) is 54.0 Å². The fourth-order valence-corrected chi connectivity index (χ4v) is 3.90. The van der Waals surface area contributed by atoms with Crippen molar-refractivity contribution in [3.63, 3.8) is 0 Å². The second kappa shape index (κ2) is 11.6. The molecule has 0 atom stereocenters. The first-order valence-corrected chi connectivity index (χ1v) is 11.3. The first-order valence-electron chi connectivity index (χ1n) is 9.94. The van der Waals surface area contributed by atoms with E-state index in [9.17, 15) is 4.79 Å². The maximum absolute atomic E-state index is 12.3. The molecule has 0 bridgehead atoms. The van der Waals surface area contributed by atoms with Crippen molar-refractivity contribution in [1.82, 2.24) is 20.2 Å². The fourth-order valence-electron chi connectivity index (χ4n) is 2.98. The van der Waals surface area contributed by atoms with Crippen molar-refractivity contribution in [2.24, 2.45) is 5.10 Å². The van der Waals surface area contributed by atoms with Crippen LogP contribution < -0.4 is 19.6 Å². The van der Waals surface area contributed by atoms with Crippen molar-refractivity contribution in [3.8, 4) is 28.6 Å². The number of nitrogens with one attached hydrogen (secondary N) is 1. The summed E-state index contributed by atoms with van der Waals surface area (Å²) in [4.78, 5) is 12.3. The standard InChI is InChI=1S/C22H24ClN5O4S/c1-5-28-21(14-6-8-16(23)9-7-14)26-27-22(28)33-13-20(29)25-24-12-15-10-18(31-3)19(32-4)11-17(15)30-2/h6-12H,5,13H2,1-4H3,(H,25,29)/b24-12-. The van der Waals surface area contributed by atoms with E-state index in [1.54, 1.807) is 31.4 Å². The highest BCUT2D eigenvalue weighted by Crippen LogP contribution is 2.33. The van der Waals surface area contributed by atoms with E-state index in [0.717, 1.165) is 11.4 Å². The second-order valence-electron chi connectivity index (χ2n) is 6.59. The van der Waals surface area contributed by atoms with Gasteiger partial charge in [0.25, 0.3) is 5.91 Å². The van der Waals surface area contributed by atoms with Crippen LogP contribution in [0, 0.1) is 0 Å². The quantitative estimate of drug-likeness (QED) is 0.262. The number of benzene rings is 2. The smallest absolute Gasteiger partial charge is 0.250 e. The van der Waals surface area contributed by atoms with Crippen LogP contribution >= 0.6 is 23.4 Å². The predicted molar refractivity (Wildman–Crippen MR) is 129 cm³/mol. The number of carbonyl (C=O) groups is 1. The van der Waals surface area contributed by atoms with Crippen LogP contribution in [0.15, 0.2) is 46.7 Å². The molecule has 0 spiro atoms. The highest BCUT2D eigenvalue weighted by molar-refractivity contribution is 7.99. The molecule has 174 valence electrons. The average Bonchev–Trinajstić information content (AvgIpc) is 3.25. The lowest BCUT2D eigenvalue weighted by Crippen LogP contribution is -2.20. The Balaban J connectivity index is 1.63. The lowest BCUT2D eigenvalue weighted by molar-refractivity contribution is -0.118. The summed E-state index contributed by atoms with van der Waals surface area (Å²) >= 11 is 7.25. The molecule has 33 heavy (non-hydrogen) atoms. The van der Waals surface area contributed by atoms with Crippen molar-refractivity contribution in [1.29, 1.82) is 0 Å². The lowest BCUT2D eigenvalue weighted by atomic mass is 10.2. The number of hydrogen-bond donors (Lipinski definition) is 1. The lowest BCUT2D eigenvalue weighted by Gasteiger charge is -2.11. The Morgan fingerprint density at radius 3 is 2.39 bits per heavy atom. The van der Waals surface area contributed by atoms with Gasteiger partial charge in [-0.2, -0.15) is 5.10 Å². The van der Waals surface area contributed by atoms with Crippen LogP contribution in [-0.2, 0) is 11.3 Å². The molecule has 1 heterocycles. The van der Waals surface area contributed by atoms with E-state index < -0.39 is 0 Å². The van der Waals surface area contributed by atoms with Crippen molar-refractivity contribution in [2.45, 2.75) is 18.6 Å². The molecule has 0 aliphatic rings. The van der Waals surface area contributed by atoms with Gasteiger partial charge in [0, 0.05) is 28.8 Å². The number of nitrogens with zero attached hydrogens (tertiary/aromatic N) is 4. The van der Waals surface area contributed by atoms with Crippen molar-refractivity contribution >= 4 is 35.5 Å². The number of thioether (sulfide) groups is 1. The maximum atomic E-state index is 12.3. The Morgan fingerprint density at radius 1 is 1.09 bits per heavy atom. The van der Waals surface area contributed by atoms with E-state index in [1.165, 1.54) is 32.2 Å². The number of amides is 1. The number of hydrazone groups is 1. The Morgan fingerprint density at radius 2 is 1.76 bits per heavy atom. The highest BCUT2D eigenvalue weighted by atomic mass is 35.5. The van der Waals surface area contributed by atoms with E-state index in [2.05, 4.69) is 20.7 Å². The summed E-state index contributed by atoms with van der Waals surface area (Å²) in [5, 5.41) is 13.8. The van der Waals surface area contributed by atoms with Gasteiger partial charge in [-0.1, -0.05) is 23.4 Å². The molecule has 9 nitrogen and oxygen atoms in total. The molecule has 11 heteroatoms. The topological polar surface area (TPSA) is 99.9 Å². The van der Waals surface area contributed by atoms with E-state index in [0.29, 0.717) is 39.5 Å². The molecular weight excluding hydrogens is 466 g/mol. The van der Waals surface area contributed by atoms with Gasteiger partial charge < -0.3 is 18.8 Å². The first kappa shape index (κ1) is 24.4. The molecule has 0 saturated carbocycles. The molecule has 1 N–H and O–H groups in total. The summed E-state index contributed by atoms with van der Waals surface area (Å²) in [5.74, 6) is 2.15. The van der Waals surface area contributed by atoms with Gasteiger partial charge in [-0.3, -0.25) is 4.79 Å². The maximum Gasteiger partial charge on any atom is 0.250 e. The minimum absolute atomic E-state index is 0.124. The Kier molecular flexibility index (Phi) is 8.56. The summed E-state index contributed by atoms with van der Waals surface area (Å²) < 4.78 is 17.9. The van der Waals surface area contributed by atoms with Crippen molar-refractivity contribution < 1.29 is 19.0 Å². The zero-order chi connectivity index (χ0) is 23.8. The van der Waals surface area contributed by atoms with Gasteiger partial charge in [-0.15, -0.1) is 10.2 Å². The van der Waals surface area contributed by atoms with Gasteiger partial charge in [0.05, 0.1) is 33.3 Å². The van der Waals surface area contributed by atoms with Gasteiger partial charge in [-0.25, -0.2) is 5.43 Å². The van der Waals surface area contributed by atoms with Crippen LogP contribution in [0.1, 0.15) is 12.5 Å². The third-order valence-corrected chi connectivity index (χ3v) is 5.82. The van der Waals surface area contributed by atoms with E-state index >= 15 is 0 Å². The summed E-state index contributed by atoms with van der Waals surface area (Å²) in [6, 6.07) is 10.8. The van der Waals surface area contributed by atoms with Crippen molar-refractivity contribution in [2.75, 3.05) is 27.1 Å². The Hall–Kier alpha value is -3.24. The predicted octanol–water partition coefficient (Wildman–Crippen LogP) is 3.89. The van der Waals surface area contributed by atoms with E-state index in [1.807, 2.05) is 23.6 Å². The minimum Gasteiger partial charge on any atom is -0.496 e. The second-order valence-corrected chi connectivity index (χ2v) is 7.97. The largest absolute Gasteiger partial charge is 0.496 e. The summed E-state index contributed by atoms with van der Waals surface area (Å²) in [5.41, 5.74) is 4.04. The number of hydrogen-bond acceptors (Lipinski definition) is 8. The molecule has 1 amide bonds. The summed E-state index contributed by atoms with van der Waals surface area (Å²) in [7, 11) is 4.62. The molecule has 2 aromatic carbocycles. The molecule has 0 radical (unpaired) electrons. The SMILES string of the molecule is CCn1c(SCC(=O)N/N=C\c2cc(OC)c(OC)cc2OC)nnc1-c1ccc(Cl)cc1. The summed E-state index contributed by atoms with van der Waals surface area (Å²) in [6.07, 6.45) is 1.48. The normalized spacial score (nSPS) is 10.9. The molecule has 0 fully saturated rings. The molecule has 0 aliphatic heterocycles. The summed E-state index contributed by atoms with van der Waals surface area (Å²) in [6.45, 7) is 2.65. The molecule has 0 unspecified atom stereocenters. The average molecular weight is 490 g/mol. The van der Waals surface area contributed by atoms with Crippen LogP contribution in [0.2, 0.25) is 5.02 Å². The number of halogens is 1. The molecule has 0 saturated heterocycles. The van der Waals surface area contributed by atoms with Crippen LogP contribution in [0.5, 0.6) is 17.2 Å². The number of ether oxygens (including phenoxy) is 3. The van der Waals surface area contributed by atoms with Gasteiger partial charge in [0.2, 0.25) is 0 Å². The van der Waals surface area contributed by atoms with Gasteiger partial charge in [-0.05, 0) is 37.3 Å². The molecular formula is C22H24ClN5O4S. The fraction of sp³-hybridized carbons (Fsp3) is 0.273. The third kappa shape index (κ3) is 5.96. The first-order chi connectivity index (χ1) is 16.0. The zero-order valence-corrected chi connectivity index (χ0v) is 20.2. The molecule has 3 rings (SSSR count). The number of aromatic nitrogens is 3. The molecule has 1 aromatic heterocycles. The number of carbonyl (C=O) groups excluding carboxylic acids is 1. The monoisotopic (exact) mass is 489 g/mol. The third-order valence-electron chi connectivity index (χ3n) is 4.60. The highest BCUT2D eigenvalue weighted by Gasteiger charge is 2.15. The Bertz CT molecular complexity index is 1130. The van der Waals surface area contributed by atoms with Crippen LogP contribution in [0.3, 0.4) is 0 Å². The number of rotatable bonds is 10. The van der Waals surface area contributed by atoms with E-state index in [4.69, 9.17) is 25.8 Å². The minimum atomic E-state index is -0.283. The van der Waals surface area contributed by atoms with E-state index in [-0.39, 0.29) is 11.7 Å². The molecule has 0 aliphatic carbocycles. The van der Waals surface area contributed by atoms with Crippen molar-refractivity contribution in [3.05, 3.63) is 47.0 Å².